The van der Waals surface area contributed by atoms with Crippen LogP contribution in [0.4, 0.5) is 23.2 Å². The highest BCUT2D eigenvalue weighted by molar-refractivity contribution is 5.87. The molecule has 166 valence electrons. The summed E-state index contributed by atoms with van der Waals surface area (Å²) in [5.74, 6) is -7.57. The molecule has 0 heterocycles. The molecule has 0 unspecified atom stereocenters. The summed E-state index contributed by atoms with van der Waals surface area (Å²) in [7, 11) is 1.45. The van der Waals surface area contributed by atoms with Gasteiger partial charge in [0.2, 0.25) is 11.6 Å². The second-order valence-corrected chi connectivity index (χ2v) is 7.28. The molecule has 3 rings (SSSR count). The van der Waals surface area contributed by atoms with E-state index in [2.05, 4.69) is 16.3 Å². The summed E-state index contributed by atoms with van der Waals surface area (Å²) >= 11 is 0. The zero-order chi connectivity index (χ0) is 22.5. The number of phenolic OH excluding ortho intramolecular Hbond substituents is 1. The highest BCUT2D eigenvalue weighted by Gasteiger charge is 2.27. The van der Waals surface area contributed by atoms with Crippen molar-refractivity contribution in [2.24, 2.45) is 4.99 Å². The highest BCUT2D eigenvalue weighted by Crippen LogP contribution is 2.41. The van der Waals surface area contributed by atoms with E-state index in [0.29, 0.717) is 11.3 Å². The number of methoxy groups -OCH3 is 1. The summed E-state index contributed by atoms with van der Waals surface area (Å²) in [6.45, 7) is 2.97. The Morgan fingerprint density at radius 3 is 2.29 bits per heavy atom. The van der Waals surface area contributed by atoms with E-state index in [0.717, 1.165) is 38.3 Å². The average Bonchev–Trinajstić information content (AvgIpc) is 2.79. The van der Waals surface area contributed by atoms with Crippen LogP contribution < -0.4 is 9.47 Å². The van der Waals surface area contributed by atoms with Crippen LogP contribution in [-0.4, -0.2) is 25.0 Å². The largest absolute Gasteiger partial charge is 0.507 e. The number of nitrogens with zero attached hydrogens (tertiary/aromatic N) is 1. The molecule has 0 aliphatic heterocycles. The quantitative estimate of drug-likeness (QED) is 0.239. The van der Waals surface area contributed by atoms with E-state index in [1.807, 2.05) is 0 Å². The first kappa shape index (κ1) is 22.7. The molecule has 1 aliphatic rings. The van der Waals surface area contributed by atoms with Gasteiger partial charge in [0, 0.05) is 17.3 Å². The van der Waals surface area contributed by atoms with E-state index in [1.165, 1.54) is 19.3 Å². The summed E-state index contributed by atoms with van der Waals surface area (Å²) in [5.41, 5.74) is -0.402. The molecular weight excluding hydrogens is 414 g/mol. The van der Waals surface area contributed by atoms with Gasteiger partial charge in [-0.2, -0.15) is 8.78 Å². The molecule has 0 radical (unpaired) electrons. The van der Waals surface area contributed by atoms with Crippen LogP contribution in [0.15, 0.2) is 29.8 Å². The van der Waals surface area contributed by atoms with Crippen LogP contribution in [0.25, 0.3) is 0 Å². The molecule has 8 heteroatoms. The minimum atomic E-state index is -1.70. The van der Waals surface area contributed by atoms with Crippen molar-refractivity contribution in [2.45, 2.75) is 38.0 Å². The maximum absolute atomic E-state index is 14.4. The summed E-state index contributed by atoms with van der Waals surface area (Å²) < 4.78 is 67.0. The van der Waals surface area contributed by atoms with Crippen molar-refractivity contribution in [1.82, 2.24) is 0 Å². The number of aromatic hydroxyl groups is 1. The molecule has 0 spiro atoms. The molecule has 2 aromatic rings. The van der Waals surface area contributed by atoms with E-state index in [9.17, 15) is 22.7 Å². The second kappa shape index (κ2) is 9.85. The molecule has 0 amide bonds. The van der Waals surface area contributed by atoms with Gasteiger partial charge in [0.1, 0.15) is 23.8 Å². The molecule has 0 bridgehead atoms. The van der Waals surface area contributed by atoms with Crippen LogP contribution in [0.5, 0.6) is 17.2 Å². The first-order chi connectivity index (χ1) is 14.9. The van der Waals surface area contributed by atoms with Gasteiger partial charge in [0.15, 0.2) is 17.4 Å². The van der Waals surface area contributed by atoms with Gasteiger partial charge in [-0.3, -0.25) is 0 Å². The Bertz CT molecular complexity index is 972. The summed E-state index contributed by atoms with van der Waals surface area (Å²) in [4.78, 5) is 3.59. The zero-order valence-corrected chi connectivity index (χ0v) is 17.1. The van der Waals surface area contributed by atoms with Crippen molar-refractivity contribution in [3.63, 3.8) is 0 Å². The predicted octanol–water partition coefficient (Wildman–Crippen LogP) is 6.32. The highest BCUT2D eigenvalue weighted by atomic mass is 19.2. The summed E-state index contributed by atoms with van der Waals surface area (Å²) in [6.07, 6.45) is 7.09. The molecule has 1 saturated carbocycles. The Balaban J connectivity index is 2.02. The van der Waals surface area contributed by atoms with Crippen LogP contribution in [0, 0.1) is 23.3 Å². The Hall–Kier alpha value is -3.03. The van der Waals surface area contributed by atoms with Crippen LogP contribution in [-0.2, 0) is 0 Å². The van der Waals surface area contributed by atoms with E-state index in [1.54, 1.807) is 6.07 Å². The molecular formula is C23H23F4NO3. The van der Waals surface area contributed by atoms with Crippen molar-refractivity contribution in [3.8, 4) is 17.2 Å². The van der Waals surface area contributed by atoms with Gasteiger partial charge in [-0.05, 0) is 30.9 Å². The van der Waals surface area contributed by atoms with Gasteiger partial charge in [-0.15, -0.1) is 0 Å². The number of aliphatic imine (C=N–C) groups is 1. The maximum Gasteiger partial charge on any atom is 0.206 e. The third kappa shape index (κ3) is 4.68. The van der Waals surface area contributed by atoms with Gasteiger partial charge in [-0.1, -0.05) is 31.9 Å². The molecule has 1 N–H and O–H groups in total. The smallest absolute Gasteiger partial charge is 0.206 e. The molecule has 31 heavy (non-hydrogen) atoms. The van der Waals surface area contributed by atoms with Gasteiger partial charge < -0.3 is 14.6 Å². The first-order valence-electron chi connectivity index (χ1n) is 9.93. The molecule has 0 saturated heterocycles. The van der Waals surface area contributed by atoms with E-state index < -0.39 is 34.7 Å². The topological polar surface area (TPSA) is 51.0 Å². The van der Waals surface area contributed by atoms with Crippen LogP contribution >= 0.6 is 0 Å². The standard InChI is InChI=1S/C23H23F4NO3/c1-3-9-31-23-19(26)17(24)21(18(25)20(23)27)28-12-14-10-15(30-2)11-16(22(14)29)13-7-5-4-6-8-13/h3,10-13,29H,1,4-9H2,2H3. The SMILES string of the molecule is C=CCOc1c(F)c(F)c(N=Cc2cc(OC)cc(C3CCCCC3)c2O)c(F)c1F. The van der Waals surface area contributed by atoms with Gasteiger partial charge >= 0.3 is 0 Å². The van der Waals surface area contributed by atoms with Crippen LogP contribution in [0.1, 0.15) is 49.1 Å². The summed E-state index contributed by atoms with van der Waals surface area (Å²) in [6, 6.07) is 3.14. The van der Waals surface area contributed by atoms with Crippen LogP contribution in [0.3, 0.4) is 0 Å². The number of rotatable bonds is 7. The van der Waals surface area contributed by atoms with Crippen molar-refractivity contribution < 1.29 is 32.1 Å². The molecule has 1 aliphatic carbocycles. The van der Waals surface area contributed by atoms with E-state index in [4.69, 9.17) is 4.74 Å². The number of ether oxygens (including phenoxy) is 2. The van der Waals surface area contributed by atoms with E-state index >= 15 is 0 Å². The van der Waals surface area contributed by atoms with Crippen LogP contribution in [0.2, 0.25) is 0 Å². The average molecular weight is 437 g/mol. The lowest BCUT2D eigenvalue weighted by Gasteiger charge is -2.24. The fourth-order valence-corrected chi connectivity index (χ4v) is 3.71. The van der Waals surface area contributed by atoms with Gasteiger partial charge in [0.05, 0.1) is 7.11 Å². The molecule has 4 nitrogen and oxygen atoms in total. The fourth-order valence-electron chi connectivity index (χ4n) is 3.71. The molecule has 1 fully saturated rings. The van der Waals surface area contributed by atoms with E-state index in [-0.39, 0.29) is 23.8 Å². The number of phenols is 1. The summed E-state index contributed by atoms with van der Waals surface area (Å²) in [5, 5.41) is 10.7. The van der Waals surface area contributed by atoms with Crippen molar-refractivity contribution in [3.05, 3.63) is 59.2 Å². The number of hydrogen-bond donors (Lipinski definition) is 1. The lowest BCUT2D eigenvalue weighted by atomic mass is 9.83. The normalized spacial score (nSPS) is 14.7. The monoisotopic (exact) mass is 437 g/mol. The minimum absolute atomic E-state index is 0.107. The Kier molecular flexibility index (Phi) is 7.20. The maximum atomic E-state index is 14.4. The Morgan fingerprint density at radius 1 is 1.06 bits per heavy atom. The second-order valence-electron chi connectivity index (χ2n) is 7.28. The Labute approximate surface area is 177 Å². The predicted molar refractivity (Wildman–Crippen MR) is 110 cm³/mol. The first-order valence-corrected chi connectivity index (χ1v) is 9.93. The molecule has 2 aromatic carbocycles. The third-order valence-electron chi connectivity index (χ3n) is 5.30. The fraction of sp³-hybridized carbons (Fsp3) is 0.348. The van der Waals surface area contributed by atoms with Crippen molar-refractivity contribution in [2.75, 3.05) is 13.7 Å². The number of halogens is 4. The number of benzene rings is 2. The lowest BCUT2D eigenvalue weighted by Crippen LogP contribution is -2.06. The van der Waals surface area contributed by atoms with Gasteiger partial charge in [-0.25, -0.2) is 13.8 Å². The lowest BCUT2D eigenvalue weighted by molar-refractivity contribution is 0.303. The third-order valence-corrected chi connectivity index (χ3v) is 5.30. The minimum Gasteiger partial charge on any atom is -0.507 e. The number of hydrogen-bond acceptors (Lipinski definition) is 4. The van der Waals surface area contributed by atoms with Crippen molar-refractivity contribution >= 4 is 11.9 Å². The van der Waals surface area contributed by atoms with Gasteiger partial charge in [0.25, 0.3) is 0 Å². The molecule has 0 atom stereocenters. The molecule has 0 aromatic heterocycles. The Morgan fingerprint density at radius 2 is 1.71 bits per heavy atom. The zero-order valence-electron chi connectivity index (χ0n) is 17.1. The van der Waals surface area contributed by atoms with Crippen molar-refractivity contribution in [1.29, 1.82) is 0 Å².